The highest BCUT2D eigenvalue weighted by atomic mass is 31.2. The maximum atomic E-state index is 12.2. The van der Waals surface area contributed by atoms with Gasteiger partial charge in [-0.25, -0.2) is 0 Å². The Kier molecular flexibility index (Phi) is 4.70. The monoisotopic (exact) mass is 257 g/mol. The van der Waals surface area contributed by atoms with Crippen LogP contribution in [-0.2, 0) is 4.57 Å². The van der Waals surface area contributed by atoms with E-state index < -0.39 is 12.3 Å². The van der Waals surface area contributed by atoms with Gasteiger partial charge in [0, 0.05) is 24.5 Å². The summed E-state index contributed by atoms with van der Waals surface area (Å²) in [6, 6.07) is 5.66. The number of hydrogen-bond donors (Lipinski definition) is 0. The SMILES string of the molecule is CCCP(=O)(CC)Oc1ccc([N+](=O)[O-])cc1. The highest BCUT2D eigenvalue weighted by molar-refractivity contribution is 7.59. The molecule has 5 nitrogen and oxygen atoms in total. The molecule has 0 aromatic heterocycles. The van der Waals surface area contributed by atoms with Gasteiger partial charge in [0.25, 0.3) is 5.69 Å². The Morgan fingerprint density at radius 2 is 1.88 bits per heavy atom. The van der Waals surface area contributed by atoms with Gasteiger partial charge in [-0.15, -0.1) is 0 Å². The molecule has 0 heterocycles. The van der Waals surface area contributed by atoms with Gasteiger partial charge in [-0.05, 0) is 18.6 Å². The molecule has 0 aliphatic heterocycles. The van der Waals surface area contributed by atoms with Crippen molar-refractivity contribution in [3.05, 3.63) is 34.4 Å². The van der Waals surface area contributed by atoms with Gasteiger partial charge in [0.2, 0.25) is 7.37 Å². The second-order valence-corrected chi connectivity index (χ2v) is 6.59. The Bertz CT molecular complexity index is 430. The molecule has 0 radical (unpaired) electrons. The van der Waals surface area contributed by atoms with Crippen LogP contribution in [0.1, 0.15) is 20.3 Å². The fourth-order valence-electron chi connectivity index (χ4n) is 1.43. The van der Waals surface area contributed by atoms with Crippen LogP contribution in [0.3, 0.4) is 0 Å². The van der Waals surface area contributed by atoms with Crippen molar-refractivity contribution in [2.24, 2.45) is 0 Å². The van der Waals surface area contributed by atoms with Crippen LogP contribution < -0.4 is 4.52 Å². The minimum atomic E-state index is -2.63. The third-order valence-corrected chi connectivity index (χ3v) is 5.00. The molecular formula is C11H16NO4P. The van der Waals surface area contributed by atoms with E-state index in [4.69, 9.17) is 4.52 Å². The normalized spacial score (nSPS) is 14.0. The molecule has 0 aliphatic rings. The molecule has 1 aromatic carbocycles. The highest BCUT2D eigenvalue weighted by Crippen LogP contribution is 2.47. The zero-order valence-electron chi connectivity index (χ0n) is 9.96. The Labute approximate surface area is 100 Å². The largest absolute Gasteiger partial charge is 0.443 e. The molecule has 1 rings (SSSR count). The summed E-state index contributed by atoms with van der Waals surface area (Å²) >= 11 is 0. The molecule has 1 unspecified atom stereocenters. The zero-order valence-corrected chi connectivity index (χ0v) is 10.9. The second-order valence-electron chi connectivity index (χ2n) is 3.70. The van der Waals surface area contributed by atoms with E-state index in [1.807, 2.05) is 13.8 Å². The topological polar surface area (TPSA) is 69.4 Å². The van der Waals surface area contributed by atoms with Crippen molar-refractivity contribution in [2.75, 3.05) is 12.3 Å². The first-order valence-corrected chi connectivity index (χ1v) is 7.52. The number of nitrogens with zero attached hydrogens (tertiary/aromatic N) is 1. The minimum Gasteiger partial charge on any atom is -0.443 e. The van der Waals surface area contributed by atoms with E-state index in [1.165, 1.54) is 24.3 Å². The summed E-state index contributed by atoms with van der Waals surface area (Å²) in [7, 11) is -2.63. The summed E-state index contributed by atoms with van der Waals surface area (Å²) in [5.41, 5.74) is -0.000766. The van der Waals surface area contributed by atoms with Gasteiger partial charge in [-0.2, -0.15) is 0 Å². The lowest BCUT2D eigenvalue weighted by atomic mass is 10.3. The van der Waals surface area contributed by atoms with E-state index in [-0.39, 0.29) is 5.69 Å². The van der Waals surface area contributed by atoms with Crippen molar-refractivity contribution in [2.45, 2.75) is 20.3 Å². The molecule has 1 aromatic rings. The molecule has 0 fully saturated rings. The quantitative estimate of drug-likeness (QED) is 0.442. The van der Waals surface area contributed by atoms with Crippen LogP contribution in [0.4, 0.5) is 5.69 Å². The predicted molar refractivity (Wildman–Crippen MR) is 67.0 cm³/mol. The lowest BCUT2D eigenvalue weighted by Crippen LogP contribution is -2.00. The average molecular weight is 257 g/mol. The fourth-order valence-corrected chi connectivity index (χ4v) is 3.15. The minimum absolute atomic E-state index is 0.000766. The van der Waals surface area contributed by atoms with Crippen molar-refractivity contribution in [3.8, 4) is 5.75 Å². The standard InChI is InChI=1S/C11H16NO4P/c1-3-9-17(15,4-2)16-11-7-5-10(6-8-11)12(13)14/h5-8H,3-4,9H2,1-2H3. The van der Waals surface area contributed by atoms with E-state index in [1.54, 1.807) is 0 Å². The highest BCUT2D eigenvalue weighted by Gasteiger charge is 2.20. The van der Waals surface area contributed by atoms with Crippen molar-refractivity contribution in [1.82, 2.24) is 0 Å². The number of nitro benzene ring substituents is 1. The molecule has 94 valence electrons. The van der Waals surface area contributed by atoms with Crippen LogP contribution in [0.5, 0.6) is 5.75 Å². The molecule has 0 saturated heterocycles. The first kappa shape index (κ1) is 13.7. The molecule has 0 N–H and O–H groups in total. The molecule has 0 amide bonds. The van der Waals surface area contributed by atoms with Gasteiger partial charge >= 0.3 is 0 Å². The van der Waals surface area contributed by atoms with Gasteiger partial charge in [-0.3, -0.25) is 14.7 Å². The second kappa shape index (κ2) is 5.82. The van der Waals surface area contributed by atoms with Gasteiger partial charge in [-0.1, -0.05) is 13.8 Å². The van der Waals surface area contributed by atoms with Crippen molar-refractivity contribution < 1.29 is 14.0 Å². The van der Waals surface area contributed by atoms with Gasteiger partial charge in [0.1, 0.15) is 5.75 Å². The number of hydrogen-bond acceptors (Lipinski definition) is 4. The third kappa shape index (κ3) is 3.86. The Morgan fingerprint density at radius 1 is 1.29 bits per heavy atom. The molecular weight excluding hydrogens is 241 g/mol. The van der Waals surface area contributed by atoms with E-state index in [2.05, 4.69) is 0 Å². The maximum absolute atomic E-state index is 12.2. The van der Waals surface area contributed by atoms with Crippen LogP contribution in [0.2, 0.25) is 0 Å². The predicted octanol–water partition coefficient (Wildman–Crippen LogP) is 3.68. The van der Waals surface area contributed by atoms with E-state index >= 15 is 0 Å². The molecule has 1 atom stereocenters. The Morgan fingerprint density at radius 3 is 2.29 bits per heavy atom. The van der Waals surface area contributed by atoms with Crippen LogP contribution in [-0.4, -0.2) is 17.2 Å². The first-order valence-electron chi connectivity index (χ1n) is 5.53. The third-order valence-electron chi connectivity index (χ3n) is 2.37. The molecule has 17 heavy (non-hydrogen) atoms. The maximum Gasteiger partial charge on any atom is 0.269 e. The molecule has 0 bridgehead atoms. The summed E-state index contributed by atoms with van der Waals surface area (Å²) < 4.78 is 17.7. The van der Waals surface area contributed by atoms with Gasteiger partial charge < -0.3 is 4.52 Å². The zero-order chi connectivity index (χ0) is 12.9. The summed E-state index contributed by atoms with van der Waals surface area (Å²) in [5.74, 6) is 0.425. The van der Waals surface area contributed by atoms with E-state index in [0.717, 1.165) is 6.42 Å². The summed E-state index contributed by atoms with van der Waals surface area (Å²) in [4.78, 5) is 9.99. The molecule has 0 spiro atoms. The van der Waals surface area contributed by atoms with E-state index in [9.17, 15) is 14.7 Å². The average Bonchev–Trinajstić information content (AvgIpc) is 2.30. The van der Waals surface area contributed by atoms with Gasteiger partial charge in [0.15, 0.2) is 0 Å². The lowest BCUT2D eigenvalue weighted by Gasteiger charge is -2.17. The van der Waals surface area contributed by atoms with Crippen molar-refractivity contribution in [1.29, 1.82) is 0 Å². The first-order chi connectivity index (χ1) is 8.00. The summed E-state index contributed by atoms with van der Waals surface area (Å²) in [5, 5.41) is 10.5. The smallest absolute Gasteiger partial charge is 0.269 e. The molecule has 0 aliphatic carbocycles. The Hall–Kier alpha value is -1.35. The van der Waals surface area contributed by atoms with Crippen LogP contribution >= 0.6 is 7.37 Å². The van der Waals surface area contributed by atoms with Crippen LogP contribution in [0.15, 0.2) is 24.3 Å². The number of benzene rings is 1. The Balaban J connectivity index is 2.81. The van der Waals surface area contributed by atoms with E-state index in [0.29, 0.717) is 18.1 Å². The fraction of sp³-hybridized carbons (Fsp3) is 0.455. The molecule has 6 heteroatoms. The number of rotatable bonds is 6. The molecule has 0 saturated carbocycles. The van der Waals surface area contributed by atoms with Gasteiger partial charge in [0.05, 0.1) is 4.92 Å². The number of non-ortho nitro benzene ring substituents is 1. The number of nitro groups is 1. The summed E-state index contributed by atoms with van der Waals surface area (Å²) in [6.07, 6.45) is 1.79. The van der Waals surface area contributed by atoms with Crippen molar-refractivity contribution in [3.63, 3.8) is 0 Å². The van der Waals surface area contributed by atoms with Crippen LogP contribution in [0.25, 0.3) is 0 Å². The lowest BCUT2D eigenvalue weighted by molar-refractivity contribution is -0.384. The van der Waals surface area contributed by atoms with Crippen LogP contribution in [0, 0.1) is 10.1 Å². The van der Waals surface area contributed by atoms with Crippen molar-refractivity contribution >= 4 is 13.1 Å². The summed E-state index contributed by atoms with van der Waals surface area (Å²) in [6.45, 7) is 3.77.